The van der Waals surface area contributed by atoms with Gasteiger partial charge in [-0.3, -0.25) is 15.1 Å². The van der Waals surface area contributed by atoms with Crippen LogP contribution in [0.4, 0.5) is 0 Å². The van der Waals surface area contributed by atoms with E-state index in [-0.39, 0.29) is 6.04 Å². The maximum Gasteiger partial charge on any atom is 0.139 e. The maximum atomic E-state index is 8.09. The lowest BCUT2D eigenvalue weighted by molar-refractivity contribution is 0.338. The van der Waals surface area contributed by atoms with Crippen molar-refractivity contribution in [2.24, 2.45) is 7.05 Å². The Bertz CT molecular complexity index is 1020. The van der Waals surface area contributed by atoms with Crippen LogP contribution in [0.15, 0.2) is 55.3 Å². The molecular formula is C19H21N7. The molecule has 0 saturated carbocycles. The van der Waals surface area contributed by atoms with Gasteiger partial charge in [0.05, 0.1) is 6.20 Å². The summed E-state index contributed by atoms with van der Waals surface area (Å²) in [6.45, 7) is 6.21. The number of pyridine rings is 1. The third-order valence-electron chi connectivity index (χ3n) is 4.48. The van der Waals surface area contributed by atoms with Crippen molar-refractivity contribution >= 4 is 16.9 Å². The molecule has 7 heteroatoms. The van der Waals surface area contributed by atoms with Crippen molar-refractivity contribution in [2.75, 3.05) is 0 Å². The van der Waals surface area contributed by atoms with E-state index in [0.29, 0.717) is 12.3 Å². The first-order chi connectivity index (χ1) is 12.5. The van der Waals surface area contributed by atoms with Gasteiger partial charge in [0.15, 0.2) is 0 Å². The van der Waals surface area contributed by atoms with Crippen LogP contribution in [0.1, 0.15) is 12.5 Å². The molecule has 7 nitrogen and oxygen atoms in total. The number of nitrogens with one attached hydrogen (secondary N) is 3. The first kappa shape index (κ1) is 16.3. The summed E-state index contributed by atoms with van der Waals surface area (Å²) in [7, 11) is 1.90. The molecule has 1 aliphatic rings. The second-order valence-corrected chi connectivity index (χ2v) is 6.58. The minimum absolute atomic E-state index is 0.169. The Morgan fingerprint density at radius 3 is 2.96 bits per heavy atom. The Hall–Kier alpha value is -3.19. The number of rotatable bonds is 4. The number of aryl methyl sites for hydroxylation is 1. The van der Waals surface area contributed by atoms with Crippen molar-refractivity contribution in [1.82, 2.24) is 30.2 Å². The van der Waals surface area contributed by atoms with Gasteiger partial charge in [-0.05, 0) is 24.6 Å². The van der Waals surface area contributed by atoms with Crippen LogP contribution in [-0.2, 0) is 13.5 Å². The van der Waals surface area contributed by atoms with E-state index in [1.807, 2.05) is 44.8 Å². The van der Waals surface area contributed by atoms with Crippen LogP contribution < -0.4 is 5.43 Å². The molecule has 4 heterocycles. The number of hydrogen-bond acceptors (Lipinski definition) is 4. The number of fused-ring (bicyclic) bond motifs is 1. The van der Waals surface area contributed by atoms with E-state index in [1.54, 1.807) is 15.8 Å². The lowest BCUT2D eigenvalue weighted by Crippen LogP contribution is -2.48. The Balaban J connectivity index is 1.63. The van der Waals surface area contributed by atoms with Crippen LogP contribution in [0.5, 0.6) is 0 Å². The van der Waals surface area contributed by atoms with Gasteiger partial charge in [0, 0.05) is 60.3 Å². The Morgan fingerprint density at radius 2 is 2.19 bits per heavy atom. The van der Waals surface area contributed by atoms with Gasteiger partial charge < -0.3 is 4.98 Å². The molecule has 4 rings (SSSR count). The fourth-order valence-corrected chi connectivity index (χ4v) is 3.12. The molecule has 0 radical (unpaired) electrons. The van der Waals surface area contributed by atoms with Crippen molar-refractivity contribution in [1.29, 1.82) is 5.41 Å². The summed E-state index contributed by atoms with van der Waals surface area (Å²) in [4.78, 5) is 7.75. The quantitative estimate of drug-likeness (QED) is 0.677. The third kappa shape index (κ3) is 2.93. The molecule has 1 unspecified atom stereocenters. The van der Waals surface area contributed by atoms with Gasteiger partial charge in [0.2, 0.25) is 0 Å². The van der Waals surface area contributed by atoms with Crippen molar-refractivity contribution < 1.29 is 0 Å². The Morgan fingerprint density at radius 1 is 1.35 bits per heavy atom. The predicted octanol–water partition coefficient (Wildman–Crippen LogP) is 2.76. The van der Waals surface area contributed by atoms with Crippen LogP contribution in [-0.4, -0.2) is 36.6 Å². The summed E-state index contributed by atoms with van der Waals surface area (Å²) in [6.07, 6.45) is 12.0. The monoisotopic (exact) mass is 347 g/mol. The minimum atomic E-state index is 0.169. The summed E-state index contributed by atoms with van der Waals surface area (Å²) in [5.74, 6) is 0.391. The van der Waals surface area contributed by atoms with Crippen LogP contribution in [0.2, 0.25) is 0 Å². The number of aromatic nitrogens is 4. The highest BCUT2D eigenvalue weighted by atomic mass is 15.5. The molecule has 0 saturated heterocycles. The normalized spacial score (nSPS) is 17.2. The summed E-state index contributed by atoms with van der Waals surface area (Å²) < 4.78 is 1.78. The van der Waals surface area contributed by atoms with E-state index in [4.69, 9.17) is 5.41 Å². The van der Waals surface area contributed by atoms with E-state index in [2.05, 4.69) is 33.1 Å². The van der Waals surface area contributed by atoms with Gasteiger partial charge in [-0.15, -0.1) is 0 Å². The molecule has 3 aromatic rings. The van der Waals surface area contributed by atoms with Gasteiger partial charge in [0.25, 0.3) is 0 Å². The topological polar surface area (TPSA) is 85.6 Å². The first-order valence-electron chi connectivity index (χ1n) is 8.47. The fourth-order valence-electron chi connectivity index (χ4n) is 3.12. The zero-order chi connectivity index (χ0) is 18.3. The van der Waals surface area contributed by atoms with E-state index in [9.17, 15) is 0 Å². The molecule has 3 N–H and O–H groups in total. The molecule has 132 valence electrons. The Kier molecular flexibility index (Phi) is 3.93. The highest BCUT2D eigenvalue weighted by molar-refractivity contribution is 5.92. The van der Waals surface area contributed by atoms with E-state index in [0.717, 1.165) is 33.4 Å². The highest BCUT2D eigenvalue weighted by Crippen LogP contribution is 2.26. The smallest absolute Gasteiger partial charge is 0.139 e. The lowest BCUT2D eigenvalue weighted by atomic mass is 10.1. The number of aromatic amines is 1. The summed E-state index contributed by atoms with van der Waals surface area (Å²) in [6, 6.07) is 2.29. The zero-order valence-corrected chi connectivity index (χ0v) is 14.8. The average molecular weight is 347 g/mol. The standard InChI is InChI=1S/C19H21N7/c1-12-4-5-18(20)26(24-12)13(2)6-15-9-22-19-17(15)7-14(8-21-19)16-10-23-25(3)11-16/h4-5,7-12,20,24H,2,6H2,1,3H3,(H,21,22). The van der Waals surface area contributed by atoms with Gasteiger partial charge in [0.1, 0.15) is 11.5 Å². The Labute approximate surface area is 151 Å². The van der Waals surface area contributed by atoms with Gasteiger partial charge in [-0.1, -0.05) is 12.7 Å². The number of nitrogens with zero attached hydrogens (tertiary/aromatic N) is 4. The molecule has 0 bridgehead atoms. The van der Waals surface area contributed by atoms with Crippen LogP contribution in [0.3, 0.4) is 0 Å². The molecule has 0 spiro atoms. The molecule has 26 heavy (non-hydrogen) atoms. The second kappa shape index (κ2) is 6.27. The van der Waals surface area contributed by atoms with Gasteiger partial charge in [-0.25, -0.2) is 10.4 Å². The molecular weight excluding hydrogens is 326 g/mol. The minimum Gasteiger partial charge on any atom is -0.346 e. The number of hydrogen-bond donors (Lipinski definition) is 3. The van der Waals surface area contributed by atoms with Crippen molar-refractivity contribution in [3.63, 3.8) is 0 Å². The highest BCUT2D eigenvalue weighted by Gasteiger charge is 2.19. The van der Waals surface area contributed by atoms with Gasteiger partial charge >= 0.3 is 0 Å². The van der Waals surface area contributed by atoms with Crippen LogP contribution in [0, 0.1) is 5.41 Å². The average Bonchev–Trinajstić information content (AvgIpc) is 3.23. The molecule has 1 atom stereocenters. The largest absolute Gasteiger partial charge is 0.346 e. The summed E-state index contributed by atoms with van der Waals surface area (Å²) in [5.41, 5.74) is 8.07. The van der Waals surface area contributed by atoms with E-state index < -0.39 is 0 Å². The maximum absolute atomic E-state index is 8.09. The summed E-state index contributed by atoms with van der Waals surface area (Å²) in [5, 5.41) is 15.1. The van der Waals surface area contributed by atoms with Crippen LogP contribution >= 0.6 is 0 Å². The number of amidine groups is 1. The first-order valence-corrected chi connectivity index (χ1v) is 8.47. The zero-order valence-electron chi connectivity index (χ0n) is 14.8. The fraction of sp³-hybridized carbons (Fsp3) is 0.211. The van der Waals surface area contributed by atoms with Crippen molar-refractivity contribution in [3.8, 4) is 11.1 Å². The number of hydrazine groups is 1. The van der Waals surface area contributed by atoms with Gasteiger partial charge in [-0.2, -0.15) is 5.10 Å². The SMILES string of the molecule is C=C(Cc1c[nH]c2ncc(-c3cnn(C)c3)cc12)N1NC(C)C=CC1=N. The van der Waals surface area contributed by atoms with Crippen LogP contribution in [0.25, 0.3) is 22.2 Å². The molecule has 1 aliphatic heterocycles. The van der Waals surface area contributed by atoms with E-state index >= 15 is 0 Å². The third-order valence-corrected chi connectivity index (χ3v) is 4.48. The number of allylic oxidation sites excluding steroid dienone is 1. The van der Waals surface area contributed by atoms with Crippen molar-refractivity contribution in [3.05, 3.63) is 60.8 Å². The molecule has 0 aromatic carbocycles. The molecule has 0 fully saturated rings. The number of H-pyrrole nitrogens is 1. The summed E-state index contributed by atoms with van der Waals surface area (Å²) >= 11 is 0. The lowest BCUT2D eigenvalue weighted by Gasteiger charge is -2.31. The molecule has 0 amide bonds. The molecule has 0 aliphatic carbocycles. The second-order valence-electron chi connectivity index (χ2n) is 6.58. The predicted molar refractivity (Wildman–Crippen MR) is 102 cm³/mol. The molecule has 3 aromatic heterocycles. The van der Waals surface area contributed by atoms with Crippen molar-refractivity contribution in [2.45, 2.75) is 19.4 Å². The van der Waals surface area contributed by atoms with E-state index in [1.165, 1.54) is 0 Å².